The molecule has 1 aromatic rings. The van der Waals surface area contributed by atoms with Gasteiger partial charge in [-0.25, -0.2) is 0 Å². The highest BCUT2D eigenvalue weighted by Gasteiger charge is 2.32. The molecule has 6 heteroatoms. The molecule has 0 aliphatic heterocycles. The van der Waals surface area contributed by atoms with Crippen LogP contribution in [-0.4, -0.2) is 21.9 Å². The summed E-state index contributed by atoms with van der Waals surface area (Å²) in [6.07, 6.45) is 8.37. The van der Waals surface area contributed by atoms with Gasteiger partial charge in [0.2, 0.25) is 0 Å². The minimum absolute atomic E-state index is 0.204. The van der Waals surface area contributed by atoms with E-state index < -0.39 is 11.8 Å². The number of nitrogens with zero attached hydrogens (tertiary/aromatic N) is 2. The van der Waals surface area contributed by atoms with E-state index in [1.54, 1.807) is 0 Å². The summed E-state index contributed by atoms with van der Waals surface area (Å²) in [4.78, 5) is 3.73. The Balaban J connectivity index is 1.78. The molecule has 1 N–H and O–H groups in total. The van der Waals surface area contributed by atoms with Crippen LogP contribution in [0.5, 0.6) is 0 Å². The molecule has 0 saturated heterocycles. The third-order valence-electron chi connectivity index (χ3n) is 4.37. The van der Waals surface area contributed by atoms with E-state index in [0.29, 0.717) is 24.1 Å². The fourth-order valence-electron chi connectivity index (χ4n) is 3.14. The molecule has 0 amide bonds. The van der Waals surface area contributed by atoms with Crippen LogP contribution in [0.15, 0.2) is 4.52 Å². The standard InChI is InChI=1S/C15H24F2N2O2/c1-15(16,17)14-18-13(19-21-14)9-5-8-12(10-20)11-6-3-2-4-7-11/h11-12,20H,2-10H2,1H3. The molecule has 0 bridgehead atoms. The van der Waals surface area contributed by atoms with Gasteiger partial charge in [-0.15, -0.1) is 0 Å². The van der Waals surface area contributed by atoms with E-state index in [1.165, 1.54) is 32.1 Å². The zero-order chi connectivity index (χ0) is 15.3. The van der Waals surface area contributed by atoms with Crippen molar-refractivity contribution in [3.63, 3.8) is 0 Å². The average Bonchev–Trinajstić information content (AvgIpc) is 2.93. The Hall–Kier alpha value is -1.04. The molecular weight excluding hydrogens is 278 g/mol. The topological polar surface area (TPSA) is 59.2 Å². The first-order valence-electron chi connectivity index (χ1n) is 7.82. The first-order chi connectivity index (χ1) is 10.0. The van der Waals surface area contributed by atoms with Gasteiger partial charge in [-0.05, 0) is 24.7 Å². The van der Waals surface area contributed by atoms with Gasteiger partial charge >= 0.3 is 5.92 Å². The van der Waals surface area contributed by atoms with Crippen molar-refractivity contribution in [1.29, 1.82) is 0 Å². The van der Waals surface area contributed by atoms with Gasteiger partial charge in [0.05, 0.1) is 0 Å². The van der Waals surface area contributed by atoms with E-state index in [9.17, 15) is 13.9 Å². The minimum Gasteiger partial charge on any atom is -0.396 e. The molecule has 1 aliphatic carbocycles. The maximum atomic E-state index is 13.0. The Bertz CT molecular complexity index is 426. The van der Waals surface area contributed by atoms with Crippen molar-refractivity contribution in [2.24, 2.45) is 11.8 Å². The largest absolute Gasteiger partial charge is 0.396 e. The van der Waals surface area contributed by atoms with E-state index >= 15 is 0 Å². The van der Waals surface area contributed by atoms with Gasteiger partial charge in [0.15, 0.2) is 5.82 Å². The number of rotatable bonds is 7. The fraction of sp³-hybridized carbons (Fsp3) is 0.867. The first-order valence-corrected chi connectivity index (χ1v) is 7.82. The smallest absolute Gasteiger partial charge is 0.322 e. The van der Waals surface area contributed by atoms with Crippen LogP contribution < -0.4 is 0 Å². The molecule has 120 valence electrons. The molecule has 1 fully saturated rings. The molecule has 1 aliphatic rings. The van der Waals surface area contributed by atoms with Gasteiger partial charge in [-0.3, -0.25) is 0 Å². The SMILES string of the molecule is CC(F)(F)c1nc(CCCC(CO)C2CCCCC2)no1. The molecule has 4 nitrogen and oxygen atoms in total. The van der Waals surface area contributed by atoms with E-state index in [-0.39, 0.29) is 6.61 Å². The zero-order valence-electron chi connectivity index (χ0n) is 12.5. The molecular formula is C15H24F2N2O2. The number of aliphatic hydroxyl groups is 1. The predicted molar refractivity (Wildman–Crippen MR) is 74.0 cm³/mol. The van der Waals surface area contributed by atoms with Crippen LogP contribution in [0.1, 0.15) is 63.6 Å². The van der Waals surface area contributed by atoms with E-state index in [2.05, 4.69) is 14.7 Å². The Morgan fingerprint density at radius 3 is 2.62 bits per heavy atom. The van der Waals surface area contributed by atoms with Crippen LogP contribution in [0.4, 0.5) is 8.78 Å². The molecule has 1 saturated carbocycles. The van der Waals surface area contributed by atoms with Crippen LogP contribution >= 0.6 is 0 Å². The Morgan fingerprint density at radius 2 is 2.05 bits per heavy atom. The third-order valence-corrected chi connectivity index (χ3v) is 4.37. The number of aliphatic hydroxyl groups excluding tert-OH is 1. The highest BCUT2D eigenvalue weighted by atomic mass is 19.3. The Labute approximate surface area is 123 Å². The second-order valence-electron chi connectivity index (χ2n) is 6.14. The van der Waals surface area contributed by atoms with Crippen LogP contribution in [0.25, 0.3) is 0 Å². The predicted octanol–water partition coefficient (Wildman–Crippen LogP) is 3.69. The molecule has 0 aromatic carbocycles. The lowest BCUT2D eigenvalue weighted by Gasteiger charge is -2.28. The zero-order valence-corrected chi connectivity index (χ0v) is 12.5. The molecule has 21 heavy (non-hydrogen) atoms. The summed E-state index contributed by atoms with van der Waals surface area (Å²) in [7, 11) is 0. The Kier molecular flexibility index (Phi) is 5.67. The van der Waals surface area contributed by atoms with Gasteiger partial charge in [-0.1, -0.05) is 37.3 Å². The molecule has 1 unspecified atom stereocenters. The summed E-state index contributed by atoms with van der Waals surface area (Å²) in [5, 5.41) is 13.1. The van der Waals surface area contributed by atoms with Crippen molar-refractivity contribution in [3.05, 3.63) is 11.7 Å². The second-order valence-corrected chi connectivity index (χ2v) is 6.14. The molecule has 1 atom stereocenters. The van der Waals surface area contributed by atoms with Gasteiger partial charge in [-0.2, -0.15) is 13.8 Å². The number of alkyl halides is 2. The Morgan fingerprint density at radius 1 is 1.33 bits per heavy atom. The third kappa shape index (κ3) is 4.73. The quantitative estimate of drug-likeness (QED) is 0.834. The first kappa shape index (κ1) is 16.3. The number of aryl methyl sites for hydroxylation is 1. The highest BCUT2D eigenvalue weighted by molar-refractivity contribution is 4.92. The summed E-state index contributed by atoms with van der Waals surface area (Å²) in [6.45, 7) is 0.949. The van der Waals surface area contributed by atoms with E-state index in [1.807, 2.05) is 0 Å². The maximum absolute atomic E-state index is 13.0. The van der Waals surface area contributed by atoms with Crippen molar-refractivity contribution in [2.45, 2.75) is 64.2 Å². The van der Waals surface area contributed by atoms with Gasteiger partial charge in [0.1, 0.15) is 0 Å². The summed E-state index contributed by atoms with van der Waals surface area (Å²) in [5.41, 5.74) is 0. The fourth-order valence-corrected chi connectivity index (χ4v) is 3.14. The number of hydrogen-bond acceptors (Lipinski definition) is 4. The van der Waals surface area contributed by atoms with Crippen LogP contribution in [0.2, 0.25) is 0 Å². The highest BCUT2D eigenvalue weighted by Crippen LogP contribution is 2.32. The van der Waals surface area contributed by atoms with Gasteiger partial charge in [0.25, 0.3) is 5.89 Å². The summed E-state index contributed by atoms with van der Waals surface area (Å²) in [5.74, 6) is -2.47. The monoisotopic (exact) mass is 302 g/mol. The molecule has 0 spiro atoms. The minimum atomic E-state index is -3.08. The van der Waals surface area contributed by atoms with E-state index in [4.69, 9.17) is 0 Å². The number of hydrogen-bond donors (Lipinski definition) is 1. The van der Waals surface area contributed by atoms with Crippen molar-refractivity contribution in [3.8, 4) is 0 Å². The van der Waals surface area contributed by atoms with Crippen molar-refractivity contribution < 1.29 is 18.4 Å². The van der Waals surface area contributed by atoms with Gasteiger partial charge < -0.3 is 9.63 Å². The van der Waals surface area contributed by atoms with Crippen molar-refractivity contribution in [2.75, 3.05) is 6.61 Å². The number of aromatic nitrogens is 2. The number of halogens is 2. The maximum Gasteiger partial charge on any atom is 0.322 e. The average molecular weight is 302 g/mol. The van der Waals surface area contributed by atoms with E-state index in [0.717, 1.165) is 19.8 Å². The summed E-state index contributed by atoms with van der Waals surface area (Å²) < 4.78 is 30.5. The van der Waals surface area contributed by atoms with Crippen LogP contribution in [-0.2, 0) is 12.3 Å². The van der Waals surface area contributed by atoms with Crippen LogP contribution in [0.3, 0.4) is 0 Å². The lowest BCUT2D eigenvalue weighted by Crippen LogP contribution is -2.21. The normalized spacial score (nSPS) is 18.9. The molecule has 1 aromatic heterocycles. The lowest BCUT2D eigenvalue weighted by molar-refractivity contribution is -0.0158. The van der Waals surface area contributed by atoms with Crippen LogP contribution in [0, 0.1) is 11.8 Å². The molecule has 1 heterocycles. The van der Waals surface area contributed by atoms with Gasteiger partial charge in [0, 0.05) is 20.0 Å². The van der Waals surface area contributed by atoms with Crippen molar-refractivity contribution in [1.82, 2.24) is 10.1 Å². The molecule has 0 radical (unpaired) electrons. The van der Waals surface area contributed by atoms with Crippen molar-refractivity contribution >= 4 is 0 Å². The lowest BCUT2D eigenvalue weighted by atomic mass is 9.78. The summed E-state index contributed by atoms with van der Waals surface area (Å²) in [6, 6.07) is 0. The molecule has 2 rings (SSSR count). The summed E-state index contributed by atoms with van der Waals surface area (Å²) >= 11 is 0. The second kappa shape index (κ2) is 7.29.